The molecule has 0 saturated carbocycles. The lowest BCUT2D eigenvalue weighted by Crippen LogP contribution is -2.02. The molecule has 17 heavy (non-hydrogen) atoms. The number of carboxylic acid groups (broad SMARTS) is 1. The molecule has 1 heterocycles. The summed E-state index contributed by atoms with van der Waals surface area (Å²) in [6.07, 6.45) is 0. The van der Waals surface area contributed by atoms with Crippen LogP contribution in [0, 0.1) is 6.92 Å². The van der Waals surface area contributed by atoms with Crippen molar-refractivity contribution in [1.82, 2.24) is 15.0 Å². The van der Waals surface area contributed by atoms with Gasteiger partial charge >= 0.3 is 5.97 Å². The standard InChI is InChI=1S/C11H12N4O2/c1-6-3-4-7(5-8(6)12)10-9(11(16)17)13-14-15(10)2/h3-5H,12H2,1-2H3,(H,16,17). The van der Waals surface area contributed by atoms with Gasteiger partial charge in [0, 0.05) is 18.3 Å². The zero-order valence-electron chi connectivity index (χ0n) is 9.51. The van der Waals surface area contributed by atoms with Crippen LogP contribution >= 0.6 is 0 Å². The summed E-state index contributed by atoms with van der Waals surface area (Å²) in [5, 5.41) is 16.3. The van der Waals surface area contributed by atoms with E-state index in [4.69, 9.17) is 10.8 Å². The molecule has 88 valence electrons. The quantitative estimate of drug-likeness (QED) is 0.755. The summed E-state index contributed by atoms with van der Waals surface area (Å²) < 4.78 is 1.42. The third-order valence-corrected chi connectivity index (χ3v) is 2.58. The van der Waals surface area contributed by atoms with Gasteiger partial charge in [0.05, 0.1) is 0 Å². The molecule has 0 aliphatic heterocycles. The van der Waals surface area contributed by atoms with E-state index >= 15 is 0 Å². The minimum atomic E-state index is -1.10. The second kappa shape index (κ2) is 3.89. The number of hydrogen-bond donors (Lipinski definition) is 2. The summed E-state index contributed by atoms with van der Waals surface area (Å²) >= 11 is 0. The number of aromatic carboxylic acids is 1. The highest BCUT2D eigenvalue weighted by Gasteiger charge is 2.19. The topological polar surface area (TPSA) is 94.0 Å². The van der Waals surface area contributed by atoms with E-state index in [1.54, 1.807) is 19.2 Å². The van der Waals surface area contributed by atoms with Crippen LogP contribution in [0.15, 0.2) is 18.2 Å². The first kappa shape index (κ1) is 11.1. The molecular formula is C11H12N4O2. The lowest BCUT2D eigenvalue weighted by atomic mass is 10.1. The van der Waals surface area contributed by atoms with E-state index in [0.29, 0.717) is 16.9 Å². The smallest absolute Gasteiger partial charge is 0.358 e. The molecule has 1 aromatic heterocycles. The Kier molecular flexibility index (Phi) is 2.55. The summed E-state index contributed by atoms with van der Waals surface area (Å²) in [6.45, 7) is 1.89. The van der Waals surface area contributed by atoms with Crippen LogP contribution < -0.4 is 5.73 Å². The van der Waals surface area contributed by atoms with E-state index < -0.39 is 5.97 Å². The number of carboxylic acids is 1. The van der Waals surface area contributed by atoms with Crippen molar-refractivity contribution < 1.29 is 9.90 Å². The molecule has 0 atom stereocenters. The number of rotatable bonds is 2. The Morgan fingerprint density at radius 2 is 2.18 bits per heavy atom. The molecular weight excluding hydrogens is 220 g/mol. The van der Waals surface area contributed by atoms with Gasteiger partial charge in [-0.3, -0.25) is 0 Å². The average molecular weight is 232 g/mol. The summed E-state index contributed by atoms with van der Waals surface area (Å²) in [5.74, 6) is -1.10. The largest absolute Gasteiger partial charge is 0.476 e. The van der Waals surface area contributed by atoms with Crippen LogP contribution in [0.3, 0.4) is 0 Å². The highest BCUT2D eigenvalue weighted by atomic mass is 16.4. The number of anilines is 1. The van der Waals surface area contributed by atoms with Gasteiger partial charge in [-0.1, -0.05) is 17.3 Å². The van der Waals surface area contributed by atoms with Gasteiger partial charge in [0.1, 0.15) is 5.69 Å². The van der Waals surface area contributed by atoms with Crippen LogP contribution in [0.1, 0.15) is 16.1 Å². The lowest BCUT2D eigenvalue weighted by Gasteiger charge is -2.05. The summed E-state index contributed by atoms with van der Waals surface area (Å²) in [4.78, 5) is 11.0. The van der Waals surface area contributed by atoms with E-state index in [0.717, 1.165) is 5.56 Å². The molecule has 0 unspecified atom stereocenters. The van der Waals surface area contributed by atoms with E-state index in [1.807, 2.05) is 13.0 Å². The van der Waals surface area contributed by atoms with Gasteiger partial charge in [-0.15, -0.1) is 5.10 Å². The van der Waals surface area contributed by atoms with Gasteiger partial charge in [-0.05, 0) is 18.6 Å². The van der Waals surface area contributed by atoms with Crippen molar-refractivity contribution in [1.29, 1.82) is 0 Å². The second-order valence-electron chi connectivity index (χ2n) is 3.79. The van der Waals surface area contributed by atoms with Crippen molar-refractivity contribution in [2.24, 2.45) is 7.05 Å². The highest BCUT2D eigenvalue weighted by Crippen LogP contribution is 2.25. The van der Waals surface area contributed by atoms with Crippen molar-refractivity contribution in [3.05, 3.63) is 29.5 Å². The van der Waals surface area contributed by atoms with Crippen molar-refractivity contribution >= 4 is 11.7 Å². The Morgan fingerprint density at radius 3 is 2.76 bits per heavy atom. The van der Waals surface area contributed by atoms with Crippen LogP contribution in [0.5, 0.6) is 0 Å². The van der Waals surface area contributed by atoms with E-state index in [-0.39, 0.29) is 5.69 Å². The van der Waals surface area contributed by atoms with Gasteiger partial charge in [0.2, 0.25) is 0 Å². The van der Waals surface area contributed by atoms with E-state index in [9.17, 15) is 4.79 Å². The summed E-state index contributed by atoms with van der Waals surface area (Å²) in [7, 11) is 1.64. The molecule has 0 saturated heterocycles. The van der Waals surface area contributed by atoms with Crippen LogP contribution in [0.25, 0.3) is 11.3 Å². The predicted molar refractivity (Wildman–Crippen MR) is 62.5 cm³/mol. The number of nitrogens with two attached hydrogens (primary N) is 1. The number of carbonyl (C=O) groups is 1. The van der Waals surface area contributed by atoms with Crippen LogP contribution in [-0.4, -0.2) is 26.1 Å². The van der Waals surface area contributed by atoms with Gasteiger partial charge in [-0.25, -0.2) is 9.48 Å². The average Bonchev–Trinajstić information content (AvgIpc) is 2.64. The van der Waals surface area contributed by atoms with Gasteiger partial charge in [-0.2, -0.15) is 0 Å². The van der Waals surface area contributed by atoms with Crippen molar-refractivity contribution in [2.45, 2.75) is 6.92 Å². The number of hydrogen-bond acceptors (Lipinski definition) is 4. The van der Waals surface area contributed by atoms with Crippen LogP contribution in [0.4, 0.5) is 5.69 Å². The molecule has 6 nitrogen and oxygen atoms in total. The monoisotopic (exact) mass is 232 g/mol. The number of aromatic nitrogens is 3. The molecule has 0 radical (unpaired) electrons. The van der Waals surface area contributed by atoms with Crippen molar-refractivity contribution in [2.75, 3.05) is 5.73 Å². The Bertz CT molecular complexity index is 589. The number of nitrogens with zero attached hydrogens (tertiary/aromatic N) is 3. The molecule has 0 aliphatic carbocycles. The molecule has 3 N–H and O–H groups in total. The fourth-order valence-corrected chi connectivity index (χ4v) is 1.61. The van der Waals surface area contributed by atoms with Crippen LogP contribution in [0.2, 0.25) is 0 Å². The number of aryl methyl sites for hydroxylation is 2. The minimum Gasteiger partial charge on any atom is -0.476 e. The third kappa shape index (κ3) is 1.84. The SMILES string of the molecule is Cc1ccc(-c2c(C(=O)O)nnn2C)cc1N. The molecule has 0 spiro atoms. The minimum absolute atomic E-state index is 0.0734. The lowest BCUT2D eigenvalue weighted by molar-refractivity contribution is 0.0691. The maximum absolute atomic E-state index is 11.0. The summed E-state index contributed by atoms with van der Waals surface area (Å²) in [6, 6.07) is 5.36. The normalized spacial score (nSPS) is 10.5. The molecule has 0 bridgehead atoms. The zero-order valence-corrected chi connectivity index (χ0v) is 9.51. The maximum Gasteiger partial charge on any atom is 0.358 e. The Balaban J connectivity index is 2.63. The Hall–Kier alpha value is -2.37. The Labute approximate surface area is 97.7 Å². The molecule has 1 aromatic carbocycles. The number of benzene rings is 1. The first-order chi connectivity index (χ1) is 8.00. The van der Waals surface area contributed by atoms with Crippen LogP contribution in [-0.2, 0) is 7.05 Å². The fraction of sp³-hybridized carbons (Fsp3) is 0.182. The fourth-order valence-electron chi connectivity index (χ4n) is 1.61. The first-order valence-electron chi connectivity index (χ1n) is 5.00. The Morgan fingerprint density at radius 1 is 1.47 bits per heavy atom. The second-order valence-corrected chi connectivity index (χ2v) is 3.79. The van der Waals surface area contributed by atoms with Gasteiger partial charge in [0.25, 0.3) is 0 Å². The number of nitrogen functional groups attached to an aromatic ring is 1. The third-order valence-electron chi connectivity index (χ3n) is 2.58. The zero-order chi connectivity index (χ0) is 12.6. The molecule has 0 amide bonds. The van der Waals surface area contributed by atoms with Gasteiger partial charge in [0.15, 0.2) is 5.69 Å². The maximum atomic E-state index is 11.0. The molecule has 2 aromatic rings. The first-order valence-corrected chi connectivity index (χ1v) is 5.00. The summed E-state index contributed by atoms with van der Waals surface area (Å²) in [5.41, 5.74) is 8.43. The molecule has 0 aliphatic rings. The van der Waals surface area contributed by atoms with Gasteiger partial charge < -0.3 is 10.8 Å². The van der Waals surface area contributed by atoms with E-state index in [1.165, 1.54) is 4.68 Å². The highest BCUT2D eigenvalue weighted by molar-refractivity contribution is 5.93. The molecule has 2 rings (SSSR count). The molecule has 0 fully saturated rings. The van der Waals surface area contributed by atoms with Crippen molar-refractivity contribution in [3.63, 3.8) is 0 Å². The molecule has 6 heteroatoms. The predicted octanol–water partition coefficient (Wildman–Crippen LogP) is 1.07. The van der Waals surface area contributed by atoms with Crippen molar-refractivity contribution in [3.8, 4) is 11.3 Å². The van der Waals surface area contributed by atoms with E-state index in [2.05, 4.69) is 10.3 Å².